The fourth-order valence-corrected chi connectivity index (χ4v) is 2.83. The number of rotatable bonds is 3. The number of carbonyl (C=O) groups excluding carboxylic acids is 1. The number of carbonyl (C=O) groups is 1. The van der Waals surface area contributed by atoms with Crippen LogP contribution in [0, 0.1) is 10.1 Å². The minimum Gasteiger partial charge on any atom is -0.365 e. The smallest absolute Gasteiger partial charge is 0.365 e. The summed E-state index contributed by atoms with van der Waals surface area (Å²) < 4.78 is 39.6. The van der Waals surface area contributed by atoms with Crippen molar-refractivity contribution in [2.75, 3.05) is 0 Å². The molecule has 0 spiro atoms. The average molecular weight is 414 g/mol. The summed E-state index contributed by atoms with van der Waals surface area (Å²) in [5, 5.41) is 25.7. The highest BCUT2D eigenvalue weighted by Crippen LogP contribution is 2.40. The number of hydrogen-bond donors (Lipinski definition) is 1. The number of aliphatic hydroxyl groups is 1. The molecule has 1 aliphatic rings. The van der Waals surface area contributed by atoms with Crippen LogP contribution in [0.3, 0.4) is 0 Å². The van der Waals surface area contributed by atoms with E-state index in [0.29, 0.717) is 10.0 Å². The van der Waals surface area contributed by atoms with Gasteiger partial charge in [0.2, 0.25) is 0 Å². The van der Waals surface area contributed by atoms with Gasteiger partial charge in [-0.1, -0.05) is 11.6 Å². The van der Waals surface area contributed by atoms with Crippen molar-refractivity contribution in [3.63, 3.8) is 0 Å². The Morgan fingerprint density at radius 3 is 2.25 bits per heavy atom. The van der Waals surface area contributed by atoms with Gasteiger partial charge >= 0.3 is 6.18 Å². The molecule has 0 fully saturated rings. The normalized spacial score (nSPS) is 19.5. The number of halogens is 4. The number of hydrazone groups is 1. The number of non-ortho nitro benzene ring substituents is 1. The highest BCUT2D eigenvalue weighted by atomic mass is 35.5. The Labute approximate surface area is 160 Å². The summed E-state index contributed by atoms with van der Waals surface area (Å²) in [7, 11) is 0. The second-order valence-corrected chi connectivity index (χ2v) is 6.40. The maximum atomic E-state index is 13.2. The summed E-state index contributed by atoms with van der Waals surface area (Å²) >= 11 is 5.75. The second kappa shape index (κ2) is 6.88. The number of benzene rings is 2. The van der Waals surface area contributed by atoms with Crippen molar-refractivity contribution in [3.8, 4) is 0 Å². The molecule has 1 N–H and O–H groups in total. The molecule has 28 heavy (non-hydrogen) atoms. The van der Waals surface area contributed by atoms with Crippen molar-refractivity contribution < 1.29 is 28.0 Å². The average Bonchev–Trinajstić information content (AvgIpc) is 3.01. The van der Waals surface area contributed by atoms with E-state index in [0.717, 1.165) is 24.3 Å². The van der Waals surface area contributed by atoms with E-state index >= 15 is 0 Å². The zero-order chi connectivity index (χ0) is 20.7. The second-order valence-electron chi connectivity index (χ2n) is 5.97. The first-order chi connectivity index (χ1) is 13.0. The molecule has 2 aromatic carbocycles. The molecule has 0 aliphatic carbocycles. The molecule has 2 aromatic rings. The van der Waals surface area contributed by atoms with E-state index in [2.05, 4.69) is 5.10 Å². The molecule has 11 heteroatoms. The zero-order valence-electron chi connectivity index (χ0n) is 13.9. The quantitative estimate of drug-likeness (QED) is 0.610. The first-order valence-corrected chi connectivity index (χ1v) is 8.12. The van der Waals surface area contributed by atoms with E-state index in [1.807, 2.05) is 0 Å². The topological polar surface area (TPSA) is 96.0 Å². The van der Waals surface area contributed by atoms with Crippen LogP contribution in [0.15, 0.2) is 53.6 Å². The van der Waals surface area contributed by atoms with Crippen molar-refractivity contribution in [1.82, 2.24) is 5.01 Å². The van der Waals surface area contributed by atoms with Gasteiger partial charge in [0, 0.05) is 28.3 Å². The molecule has 146 valence electrons. The molecular weight excluding hydrogens is 403 g/mol. The number of amides is 1. The van der Waals surface area contributed by atoms with Crippen LogP contribution < -0.4 is 0 Å². The number of hydrogen-bond acceptors (Lipinski definition) is 5. The first kappa shape index (κ1) is 19.8. The molecule has 0 radical (unpaired) electrons. The fraction of sp³-hybridized carbons (Fsp3) is 0.176. The Bertz CT molecular complexity index is 961. The summed E-state index contributed by atoms with van der Waals surface area (Å²) in [4.78, 5) is 22.8. The largest absolute Gasteiger partial charge is 0.431 e. The molecule has 0 saturated carbocycles. The maximum Gasteiger partial charge on any atom is 0.431 e. The van der Waals surface area contributed by atoms with Crippen LogP contribution in [0.5, 0.6) is 0 Å². The lowest BCUT2D eigenvalue weighted by Crippen LogP contribution is -2.43. The Morgan fingerprint density at radius 2 is 1.75 bits per heavy atom. The number of nitrogens with zero attached hydrogens (tertiary/aromatic N) is 3. The number of nitro groups is 1. The van der Waals surface area contributed by atoms with Crippen molar-refractivity contribution in [1.29, 1.82) is 0 Å². The molecule has 0 bridgehead atoms. The van der Waals surface area contributed by atoms with Crippen LogP contribution in [-0.2, 0) is 5.72 Å². The van der Waals surface area contributed by atoms with Crippen molar-refractivity contribution >= 4 is 28.9 Å². The molecular formula is C17H11ClF3N3O4. The van der Waals surface area contributed by atoms with E-state index in [9.17, 15) is 33.2 Å². The van der Waals surface area contributed by atoms with Gasteiger partial charge in [0.1, 0.15) is 5.71 Å². The molecule has 1 aliphatic heterocycles. The monoisotopic (exact) mass is 413 g/mol. The minimum absolute atomic E-state index is 0.0445. The van der Waals surface area contributed by atoms with Crippen LogP contribution in [0.25, 0.3) is 0 Å². The maximum absolute atomic E-state index is 13.2. The third-order valence-electron chi connectivity index (χ3n) is 4.14. The van der Waals surface area contributed by atoms with Crippen LogP contribution in [0.1, 0.15) is 22.3 Å². The SMILES string of the molecule is O=C(c1ccc(Cl)cc1)N1N=C(C(F)(F)F)CC1(O)c1ccc([N+](=O)[O-])cc1. The predicted molar refractivity (Wildman–Crippen MR) is 92.7 cm³/mol. The van der Waals surface area contributed by atoms with Gasteiger partial charge in [-0.3, -0.25) is 14.9 Å². The van der Waals surface area contributed by atoms with Gasteiger partial charge in [-0.05, 0) is 36.4 Å². The van der Waals surface area contributed by atoms with Gasteiger partial charge in [0.15, 0.2) is 5.72 Å². The Hall–Kier alpha value is -2.98. The molecule has 1 heterocycles. The van der Waals surface area contributed by atoms with E-state index in [1.54, 1.807) is 0 Å². The third kappa shape index (κ3) is 3.56. The Kier molecular flexibility index (Phi) is 4.86. The zero-order valence-corrected chi connectivity index (χ0v) is 14.6. The van der Waals surface area contributed by atoms with Gasteiger partial charge in [0.05, 0.1) is 11.3 Å². The lowest BCUT2D eigenvalue weighted by molar-refractivity contribution is -0.384. The lowest BCUT2D eigenvalue weighted by Gasteiger charge is -2.31. The van der Waals surface area contributed by atoms with Crippen LogP contribution in [-0.4, -0.2) is 32.8 Å². The standard InChI is InChI=1S/C17H11ClF3N3O4/c18-12-5-1-10(2-6-12)15(25)23-16(26,9-14(22-23)17(19,20)21)11-3-7-13(8-4-11)24(27)28/h1-8,26H,9H2. The summed E-state index contributed by atoms with van der Waals surface area (Å²) in [5.41, 5.74) is -4.33. The van der Waals surface area contributed by atoms with Gasteiger partial charge in [-0.25, -0.2) is 0 Å². The number of nitro benzene ring substituents is 1. The van der Waals surface area contributed by atoms with E-state index in [-0.39, 0.29) is 16.8 Å². The van der Waals surface area contributed by atoms with E-state index in [1.165, 1.54) is 24.3 Å². The summed E-state index contributed by atoms with van der Waals surface area (Å²) in [6.07, 6.45) is -5.89. The number of alkyl halides is 3. The van der Waals surface area contributed by atoms with Crippen LogP contribution in [0.4, 0.5) is 18.9 Å². The van der Waals surface area contributed by atoms with Crippen molar-refractivity contribution in [3.05, 3.63) is 74.8 Å². The van der Waals surface area contributed by atoms with Crippen LogP contribution in [0.2, 0.25) is 5.02 Å². The fourth-order valence-electron chi connectivity index (χ4n) is 2.71. The molecule has 3 rings (SSSR count). The Morgan fingerprint density at radius 1 is 1.18 bits per heavy atom. The summed E-state index contributed by atoms with van der Waals surface area (Å²) in [6, 6.07) is 9.48. The lowest BCUT2D eigenvalue weighted by atomic mass is 9.96. The van der Waals surface area contributed by atoms with Gasteiger partial charge in [-0.2, -0.15) is 23.3 Å². The molecule has 0 aromatic heterocycles. The molecule has 1 atom stereocenters. The first-order valence-electron chi connectivity index (χ1n) is 7.74. The van der Waals surface area contributed by atoms with Crippen molar-refractivity contribution in [2.24, 2.45) is 5.10 Å². The molecule has 0 saturated heterocycles. The highest BCUT2D eigenvalue weighted by Gasteiger charge is 2.53. The van der Waals surface area contributed by atoms with Crippen molar-refractivity contribution in [2.45, 2.75) is 18.3 Å². The minimum atomic E-state index is -4.87. The third-order valence-corrected chi connectivity index (χ3v) is 4.39. The highest BCUT2D eigenvalue weighted by molar-refractivity contribution is 6.30. The summed E-state index contributed by atoms with van der Waals surface area (Å²) in [5.74, 6) is -0.989. The molecule has 1 unspecified atom stereocenters. The predicted octanol–water partition coefficient (Wildman–Crippen LogP) is 3.86. The Balaban J connectivity index is 2.05. The van der Waals surface area contributed by atoms with E-state index in [4.69, 9.17) is 11.6 Å². The van der Waals surface area contributed by atoms with E-state index < -0.39 is 34.9 Å². The van der Waals surface area contributed by atoms with Gasteiger partial charge < -0.3 is 5.11 Å². The molecule has 1 amide bonds. The summed E-state index contributed by atoms with van der Waals surface area (Å²) in [6.45, 7) is 0. The van der Waals surface area contributed by atoms with Crippen LogP contribution >= 0.6 is 11.6 Å². The van der Waals surface area contributed by atoms with Gasteiger partial charge in [-0.15, -0.1) is 0 Å². The molecule has 7 nitrogen and oxygen atoms in total. The van der Waals surface area contributed by atoms with Gasteiger partial charge in [0.25, 0.3) is 11.6 Å².